The van der Waals surface area contributed by atoms with Crippen molar-refractivity contribution >= 4 is 26.3 Å². The Morgan fingerprint density at radius 2 is 1.95 bits per heavy atom. The number of nitrogens with zero attached hydrogens (tertiary/aromatic N) is 2. The van der Waals surface area contributed by atoms with E-state index < -0.39 is 15.6 Å². The highest BCUT2D eigenvalue weighted by Crippen LogP contribution is 2.21. The average molecular weight is 341 g/mol. The standard InChI is InChI=1S/C14H19N3O3S2/c1-9-8-21-14-15-10(2)12(13(18)17(9)14)22(19,20)16-11-6-4-3-5-7-11/h8,11,16H,3-7H2,1-2H3. The van der Waals surface area contributed by atoms with Crippen LogP contribution in [0.5, 0.6) is 0 Å². The van der Waals surface area contributed by atoms with Crippen LogP contribution in [0.1, 0.15) is 43.5 Å². The highest BCUT2D eigenvalue weighted by Gasteiger charge is 2.28. The van der Waals surface area contributed by atoms with Crippen LogP contribution in [0.25, 0.3) is 4.96 Å². The molecule has 0 spiro atoms. The lowest BCUT2D eigenvalue weighted by Crippen LogP contribution is -2.39. The fourth-order valence-corrected chi connectivity index (χ4v) is 5.43. The van der Waals surface area contributed by atoms with Crippen molar-refractivity contribution in [3.63, 3.8) is 0 Å². The Labute approximate surface area is 133 Å². The first-order valence-electron chi connectivity index (χ1n) is 7.40. The van der Waals surface area contributed by atoms with E-state index in [4.69, 9.17) is 0 Å². The molecule has 1 saturated carbocycles. The van der Waals surface area contributed by atoms with Crippen molar-refractivity contribution in [3.05, 3.63) is 27.1 Å². The van der Waals surface area contributed by atoms with E-state index in [0.29, 0.717) is 10.7 Å². The minimum Gasteiger partial charge on any atom is -0.267 e. The van der Waals surface area contributed by atoms with Crippen LogP contribution in [0.3, 0.4) is 0 Å². The molecule has 22 heavy (non-hydrogen) atoms. The highest BCUT2D eigenvalue weighted by atomic mass is 32.2. The minimum atomic E-state index is -3.85. The second-order valence-electron chi connectivity index (χ2n) is 5.78. The number of aryl methyl sites for hydroxylation is 2. The molecule has 6 nitrogen and oxygen atoms in total. The molecule has 0 saturated heterocycles. The topological polar surface area (TPSA) is 80.5 Å². The smallest absolute Gasteiger partial charge is 0.267 e. The summed E-state index contributed by atoms with van der Waals surface area (Å²) < 4.78 is 29.4. The van der Waals surface area contributed by atoms with Crippen molar-refractivity contribution in [3.8, 4) is 0 Å². The summed E-state index contributed by atoms with van der Waals surface area (Å²) in [6, 6.07) is -0.0816. The largest absolute Gasteiger partial charge is 0.279 e. The third kappa shape index (κ3) is 2.70. The number of nitrogens with one attached hydrogen (secondary N) is 1. The van der Waals surface area contributed by atoms with Crippen molar-refractivity contribution in [1.29, 1.82) is 0 Å². The van der Waals surface area contributed by atoms with Gasteiger partial charge in [-0.1, -0.05) is 19.3 Å². The maximum Gasteiger partial charge on any atom is 0.279 e. The molecule has 0 aliphatic heterocycles. The van der Waals surface area contributed by atoms with Crippen LogP contribution in [0.2, 0.25) is 0 Å². The third-order valence-electron chi connectivity index (χ3n) is 4.06. The first-order chi connectivity index (χ1) is 10.4. The predicted molar refractivity (Wildman–Crippen MR) is 86.0 cm³/mol. The average Bonchev–Trinajstić information content (AvgIpc) is 2.80. The molecule has 2 aromatic heterocycles. The molecule has 0 atom stereocenters. The Balaban J connectivity index is 2.08. The third-order valence-corrected chi connectivity index (χ3v) is 6.66. The molecule has 0 aromatic carbocycles. The van der Waals surface area contributed by atoms with Gasteiger partial charge in [-0.05, 0) is 26.7 Å². The number of hydrogen-bond acceptors (Lipinski definition) is 5. The number of thiazole rings is 1. The van der Waals surface area contributed by atoms with Crippen LogP contribution in [0.4, 0.5) is 0 Å². The summed E-state index contributed by atoms with van der Waals surface area (Å²) in [4.78, 5) is 17.2. The normalized spacial score (nSPS) is 17.2. The highest BCUT2D eigenvalue weighted by molar-refractivity contribution is 7.89. The summed E-state index contributed by atoms with van der Waals surface area (Å²) in [5.74, 6) is 0. The number of fused-ring (bicyclic) bond motifs is 1. The zero-order valence-corrected chi connectivity index (χ0v) is 14.3. The second kappa shape index (κ2) is 5.75. The van der Waals surface area contributed by atoms with Crippen LogP contribution < -0.4 is 10.3 Å². The number of rotatable bonds is 3. The van der Waals surface area contributed by atoms with Gasteiger partial charge in [0.05, 0.1) is 5.69 Å². The zero-order chi connectivity index (χ0) is 15.9. The number of aromatic nitrogens is 2. The SMILES string of the molecule is Cc1nc2scc(C)n2c(=O)c1S(=O)(=O)NC1CCCCC1. The molecule has 1 aliphatic carbocycles. The molecule has 3 rings (SSSR count). The van der Waals surface area contributed by atoms with E-state index >= 15 is 0 Å². The van der Waals surface area contributed by atoms with E-state index in [1.807, 2.05) is 0 Å². The quantitative estimate of drug-likeness (QED) is 0.926. The molecular weight excluding hydrogens is 322 g/mol. The number of hydrogen-bond donors (Lipinski definition) is 1. The second-order valence-corrected chi connectivity index (χ2v) is 8.27. The fraction of sp³-hybridized carbons (Fsp3) is 0.571. The molecule has 0 amide bonds. The maximum absolute atomic E-state index is 12.7. The monoisotopic (exact) mass is 341 g/mol. The van der Waals surface area contributed by atoms with Crippen molar-refractivity contribution in [2.45, 2.75) is 56.9 Å². The van der Waals surface area contributed by atoms with Crippen LogP contribution in [0, 0.1) is 13.8 Å². The van der Waals surface area contributed by atoms with Crippen LogP contribution >= 0.6 is 11.3 Å². The molecule has 8 heteroatoms. The molecule has 2 aromatic rings. The lowest BCUT2D eigenvalue weighted by atomic mass is 9.96. The summed E-state index contributed by atoms with van der Waals surface area (Å²) in [5, 5.41) is 1.80. The molecule has 1 N–H and O–H groups in total. The van der Waals surface area contributed by atoms with Gasteiger partial charge in [-0.15, -0.1) is 11.3 Å². The first kappa shape index (κ1) is 15.6. The Hall–Kier alpha value is -1.25. The molecule has 0 unspecified atom stereocenters. The Morgan fingerprint density at radius 3 is 2.64 bits per heavy atom. The van der Waals surface area contributed by atoms with Crippen molar-refractivity contribution in [2.75, 3.05) is 0 Å². The maximum atomic E-state index is 12.7. The van der Waals surface area contributed by atoms with Gasteiger partial charge in [-0.2, -0.15) is 0 Å². The first-order valence-corrected chi connectivity index (χ1v) is 9.76. The summed E-state index contributed by atoms with van der Waals surface area (Å²) in [6.45, 7) is 3.35. The van der Waals surface area contributed by atoms with Crippen molar-refractivity contribution in [2.24, 2.45) is 0 Å². The molecule has 2 heterocycles. The van der Waals surface area contributed by atoms with E-state index in [1.54, 1.807) is 19.2 Å². The Bertz CT molecular complexity index is 861. The molecule has 120 valence electrons. The van der Waals surface area contributed by atoms with E-state index in [-0.39, 0.29) is 16.6 Å². The van der Waals surface area contributed by atoms with E-state index in [0.717, 1.165) is 32.1 Å². The van der Waals surface area contributed by atoms with Gasteiger partial charge in [0.2, 0.25) is 10.0 Å². The van der Waals surface area contributed by atoms with Crippen LogP contribution in [0.15, 0.2) is 15.1 Å². The molecule has 0 radical (unpaired) electrons. The summed E-state index contributed by atoms with van der Waals surface area (Å²) in [5.41, 5.74) is 0.450. The van der Waals surface area contributed by atoms with E-state index in [1.165, 1.54) is 15.7 Å². The van der Waals surface area contributed by atoms with E-state index in [2.05, 4.69) is 9.71 Å². The lowest BCUT2D eigenvalue weighted by molar-refractivity contribution is 0.411. The molecule has 1 fully saturated rings. The van der Waals surface area contributed by atoms with E-state index in [9.17, 15) is 13.2 Å². The van der Waals surface area contributed by atoms with Crippen LogP contribution in [-0.2, 0) is 10.0 Å². The van der Waals surface area contributed by atoms with Gasteiger partial charge in [0.25, 0.3) is 5.56 Å². The van der Waals surface area contributed by atoms with Gasteiger partial charge >= 0.3 is 0 Å². The minimum absolute atomic E-state index is 0.0816. The molecular formula is C14H19N3O3S2. The van der Waals surface area contributed by atoms with Crippen molar-refractivity contribution < 1.29 is 8.42 Å². The van der Waals surface area contributed by atoms with Crippen LogP contribution in [-0.4, -0.2) is 23.8 Å². The summed E-state index contributed by atoms with van der Waals surface area (Å²) in [7, 11) is -3.85. The Morgan fingerprint density at radius 1 is 1.27 bits per heavy atom. The summed E-state index contributed by atoms with van der Waals surface area (Å²) >= 11 is 1.33. The van der Waals surface area contributed by atoms with Gasteiger partial charge < -0.3 is 0 Å². The van der Waals surface area contributed by atoms with Gasteiger partial charge in [-0.25, -0.2) is 18.1 Å². The van der Waals surface area contributed by atoms with Gasteiger partial charge in [-0.3, -0.25) is 9.20 Å². The van der Waals surface area contributed by atoms with Gasteiger partial charge in [0, 0.05) is 17.1 Å². The van der Waals surface area contributed by atoms with Gasteiger partial charge in [0.15, 0.2) is 9.86 Å². The van der Waals surface area contributed by atoms with Gasteiger partial charge in [0.1, 0.15) is 0 Å². The molecule has 0 bridgehead atoms. The molecule has 1 aliphatic rings. The predicted octanol–water partition coefficient (Wildman–Crippen LogP) is 1.98. The van der Waals surface area contributed by atoms with Crippen molar-refractivity contribution in [1.82, 2.24) is 14.1 Å². The number of sulfonamides is 1. The lowest BCUT2D eigenvalue weighted by Gasteiger charge is -2.22. The fourth-order valence-electron chi connectivity index (χ4n) is 2.98. The Kier molecular flexibility index (Phi) is 4.09. The summed E-state index contributed by atoms with van der Waals surface area (Å²) in [6.07, 6.45) is 4.83. The zero-order valence-electron chi connectivity index (χ0n) is 12.6.